The minimum absolute atomic E-state index is 0.0156. The third kappa shape index (κ3) is 2.72. The lowest BCUT2D eigenvalue weighted by Crippen LogP contribution is -2.53. The van der Waals surface area contributed by atoms with Crippen LogP contribution < -0.4 is 5.32 Å². The second kappa shape index (κ2) is 4.82. The van der Waals surface area contributed by atoms with Crippen molar-refractivity contribution in [3.8, 4) is 0 Å². The Kier molecular flexibility index (Phi) is 3.91. The van der Waals surface area contributed by atoms with E-state index in [1.54, 1.807) is 4.90 Å². The van der Waals surface area contributed by atoms with Gasteiger partial charge in [-0.05, 0) is 26.8 Å². The van der Waals surface area contributed by atoms with E-state index in [9.17, 15) is 9.59 Å². The van der Waals surface area contributed by atoms with E-state index >= 15 is 0 Å². The number of nitrogens with zero attached hydrogens (tertiary/aromatic N) is 1. The number of hydrogen-bond acceptors (Lipinski definition) is 3. The van der Waals surface area contributed by atoms with Crippen molar-refractivity contribution < 1.29 is 14.7 Å². The van der Waals surface area contributed by atoms with Gasteiger partial charge in [0.1, 0.15) is 0 Å². The number of likely N-dealkylation sites (N-methyl/N-ethyl adjacent to an activating group) is 1. The number of carboxylic acid groups (broad SMARTS) is 1. The van der Waals surface area contributed by atoms with Gasteiger partial charge in [-0.3, -0.25) is 9.59 Å². The molecule has 2 N–H and O–H groups in total. The smallest absolute Gasteiger partial charge is 0.308 e. The molecule has 0 spiro atoms. The molecule has 1 aliphatic rings. The molecule has 1 unspecified atom stereocenters. The summed E-state index contributed by atoms with van der Waals surface area (Å²) >= 11 is 0. The fraction of sp³-hybridized carbons (Fsp3) is 0.818. The van der Waals surface area contributed by atoms with Crippen molar-refractivity contribution in [3.05, 3.63) is 0 Å². The van der Waals surface area contributed by atoms with E-state index in [1.165, 1.54) is 0 Å². The maximum atomic E-state index is 12.1. The van der Waals surface area contributed by atoms with Gasteiger partial charge in [-0.2, -0.15) is 0 Å². The molecule has 1 fully saturated rings. The molecule has 16 heavy (non-hydrogen) atoms. The van der Waals surface area contributed by atoms with Gasteiger partial charge < -0.3 is 15.3 Å². The molecule has 0 saturated carbocycles. The zero-order valence-electron chi connectivity index (χ0n) is 10.1. The third-order valence-corrected chi connectivity index (χ3v) is 2.98. The summed E-state index contributed by atoms with van der Waals surface area (Å²) in [5, 5.41) is 12.0. The molecule has 0 bridgehead atoms. The molecule has 5 heteroatoms. The van der Waals surface area contributed by atoms with Crippen molar-refractivity contribution in [3.63, 3.8) is 0 Å². The van der Waals surface area contributed by atoms with Crippen LogP contribution in [0.1, 0.15) is 27.2 Å². The molecule has 1 aliphatic heterocycles. The second-order valence-electron chi connectivity index (χ2n) is 4.73. The Morgan fingerprint density at radius 1 is 1.50 bits per heavy atom. The Morgan fingerprint density at radius 3 is 2.56 bits per heavy atom. The van der Waals surface area contributed by atoms with Crippen LogP contribution in [0.5, 0.6) is 0 Å². The summed E-state index contributed by atoms with van der Waals surface area (Å²) in [6.45, 7) is 7.20. The average Bonchev–Trinajstić information content (AvgIpc) is 2.65. The van der Waals surface area contributed by atoms with Crippen molar-refractivity contribution in [2.45, 2.75) is 32.7 Å². The monoisotopic (exact) mass is 228 g/mol. The van der Waals surface area contributed by atoms with Crippen molar-refractivity contribution in [2.75, 3.05) is 19.6 Å². The fourth-order valence-electron chi connectivity index (χ4n) is 2.06. The number of likely N-dealkylation sites (tertiary alicyclic amines) is 1. The molecule has 1 amide bonds. The van der Waals surface area contributed by atoms with Gasteiger partial charge >= 0.3 is 5.97 Å². The highest BCUT2D eigenvalue weighted by atomic mass is 16.4. The van der Waals surface area contributed by atoms with Crippen LogP contribution in [-0.2, 0) is 9.59 Å². The number of nitrogens with one attached hydrogen (secondary N) is 1. The Hall–Kier alpha value is -1.10. The summed E-state index contributed by atoms with van der Waals surface area (Å²) in [6.07, 6.45) is 0.559. The lowest BCUT2D eigenvalue weighted by molar-refractivity contribution is -0.142. The molecule has 1 heterocycles. The second-order valence-corrected chi connectivity index (χ2v) is 4.73. The lowest BCUT2D eigenvalue weighted by atomic mass is 10.0. The van der Waals surface area contributed by atoms with Crippen LogP contribution in [-0.4, -0.2) is 47.1 Å². The predicted octanol–water partition coefficient (Wildman–Crippen LogP) is 0.308. The summed E-state index contributed by atoms with van der Waals surface area (Å²) in [7, 11) is 0. The number of carbonyl (C=O) groups excluding carboxylic acids is 1. The zero-order valence-corrected chi connectivity index (χ0v) is 10.1. The molecular formula is C11H20N2O3. The molecule has 1 saturated heterocycles. The number of hydrogen-bond donors (Lipinski definition) is 2. The molecule has 1 rings (SSSR count). The highest BCUT2D eigenvalue weighted by molar-refractivity contribution is 5.86. The average molecular weight is 228 g/mol. The van der Waals surface area contributed by atoms with E-state index < -0.39 is 17.4 Å². The number of rotatable bonds is 4. The molecule has 5 nitrogen and oxygen atoms in total. The molecule has 92 valence electrons. The van der Waals surface area contributed by atoms with Gasteiger partial charge in [0.25, 0.3) is 0 Å². The van der Waals surface area contributed by atoms with E-state index in [0.29, 0.717) is 19.5 Å². The first kappa shape index (κ1) is 13.0. The van der Waals surface area contributed by atoms with Crippen molar-refractivity contribution in [1.29, 1.82) is 0 Å². The quantitative estimate of drug-likeness (QED) is 0.726. The SMILES string of the molecule is CCNC(C)(C)C(=O)N1CCC(C(=O)O)C1. The van der Waals surface area contributed by atoms with Gasteiger partial charge in [-0.1, -0.05) is 6.92 Å². The number of aliphatic carboxylic acids is 1. The van der Waals surface area contributed by atoms with Crippen LogP contribution in [0.2, 0.25) is 0 Å². The zero-order chi connectivity index (χ0) is 12.3. The van der Waals surface area contributed by atoms with Crippen molar-refractivity contribution >= 4 is 11.9 Å². The van der Waals surface area contributed by atoms with Crippen LogP contribution in [0, 0.1) is 5.92 Å². The van der Waals surface area contributed by atoms with Crippen LogP contribution in [0.15, 0.2) is 0 Å². The van der Waals surface area contributed by atoms with Gasteiger partial charge in [0, 0.05) is 13.1 Å². The molecule has 0 aliphatic carbocycles. The van der Waals surface area contributed by atoms with Gasteiger partial charge in [-0.25, -0.2) is 0 Å². The highest BCUT2D eigenvalue weighted by Crippen LogP contribution is 2.19. The minimum Gasteiger partial charge on any atom is -0.481 e. The van der Waals surface area contributed by atoms with Gasteiger partial charge in [0.15, 0.2) is 0 Å². The highest BCUT2D eigenvalue weighted by Gasteiger charge is 2.37. The summed E-state index contributed by atoms with van der Waals surface area (Å²) in [6, 6.07) is 0. The van der Waals surface area contributed by atoms with Crippen LogP contribution in [0.4, 0.5) is 0 Å². The summed E-state index contributed by atoms with van der Waals surface area (Å²) < 4.78 is 0. The standard InChI is InChI=1S/C11H20N2O3/c1-4-12-11(2,3)10(16)13-6-5-8(7-13)9(14)15/h8,12H,4-7H2,1-3H3,(H,14,15). The first-order valence-corrected chi connectivity index (χ1v) is 5.65. The van der Waals surface area contributed by atoms with Crippen molar-refractivity contribution in [1.82, 2.24) is 10.2 Å². The maximum absolute atomic E-state index is 12.1. The first-order valence-electron chi connectivity index (χ1n) is 5.65. The molecule has 0 aromatic heterocycles. The molecule has 1 atom stereocenters. The van der Waals surface area contributed by atoms with E-state index in [2.05, 4.69) is 5.32 Å². The first-order chi connectivity index (χ1) is 7.38. The normalized spacial score (nSPS) is 21.2. The summed E-state index contributed by atoms with van der Waals surface area (Å²) in [5.74, 6) is -1.23. The van der Waals surface area contributed by atoms with E-state index in [4.69, 9.17) is 5.11 Å². The van der Waals surface area contributed by atoms with Crippen LogP contribution in [0.25, 0.3) is 0 Å². The van der Waals surface area contributed by atoms with Gasteiger partial charge in [-0.15, -0.1) is 0 Å². The maximum Gasteiger partial charge on any atom is 0.308 e. The fourth-order valence-corrected chi connectivity index (χ4v) is 2.06. The van der Waals surface area contributed by atoms with Crippen molar-refractivity contribution in [2.24, 2.45) is 5.92 Å². The number of carbonyl (C=O) groups is 2. The van der Waals surface area contributed by atoms with Gasteiger partial charge in [0.05, 0.1) is 11.5 Å². The molecule has 0 aromatic carbocycles. The van der Waals surface area contributed by atoms with Gasteiger partial charge in [0.2, 0.25) is 5.91 Å². The van der Waals surface area contributed by atoms with Crippen LogP contribution in [0.3, 0.4) is 0 Å². The molecule has 0 radical (unpaired) electrons. The molecular weight excluding hydrogens is 208 g/mol. The number of carboxylic acids is 1. The minimum atomic E-state index is -0.809. The number of amides is 1. The predicted molar refractivity (Wildman–Crippen MR) is 60.1 cm³/mol. The van der Waals surface area contributed by atoms with E-state index in [-0.39, 0.29) is 5.91 Å². The largest absolute Gasteiger partial charge is 0.481 e. The Bertz CT molecular complexity index is 289. The molecule has 0 aromatic rings. The van der Waals surface area contributed by atoms with E-state index in [1.807, 2.05) is 20.8 Å². The van der Waals surface area contributed by atoms with E-state index in [0.717, 1.165) is 6.54 Å². The summed E-state index contributed by atoms with van der Waals surface area (Å²) in [4.78, 5) is 24.5. The third-order valence-electron chi connectivity index (χ3n) is 2.98. The summed E-state index contributed by atoms with van der Waals surface area (Å²) in [5.41, 5.74) is -0.609. The Labute approximate surface area is 95.8 Å². The lowest BCUT2D eigenvalue weighted by Gasteiger charge is -2.29. The van der Waals surface area contributed by atoms with Crippen LogP contribution >= 0.6 is 0 Å². The topological polar surface area (TPSA) is 69.6 Å². The Morgan fingerprint density at radius 2 is 2.12 bits per heavy atom. The Balaban J connectivity index is 2.60.